The second-order valence-corrected chi connectivity index (χ2v) is 5.11. The Hall–Kier alpha value is -1.10. The second kappa shape index (κ2) is 8.95. The number of aliphatic hydroxyl groups is 1. The van der Waals surface area contributed by atoms with Gasteiger partial charge in [0, 0.05) is 25.3 Å². The van der Waals surface area contributed by atoms with Crippen molar-refractivity contribution in [2.24, 2.45) is 0 Å². The van der Waals surface area contributed by atoms with E-state index in [-0.39, 0.29) is 6.04 Å². The van der Waals surface area contributed by atoms with Crippen molar-refractivity contribution in [3.8, 4) is 5.75 Å². The fourth-order valence-corrected chi connectivity index (χ4v) is 2.30. The van der Waals surface area contributed by atoms with Gasteiger partial charge in [-0.15, -0.1) is 0 Å². The standard InChI is InChI=1S/C16H27NO3/c1-5-6-13(11-19-3)17-10-15(18)14-9-12(2)7-8-16(14)20-4/h7-9,13,15,17-18H,5-6,10-11H2,1-4H3. The molecule has 0 aliphatic rings. The fraction of sp³-hybridized carbons (Fsp3) is 0.625. The molecule has 0 aromatic heterocycles. The van der Waals surface area contributed by atoms with Crippen molar-refractivity contribution in [1.29, 1.82) is 0 Å². The van der Waals surface area contributed by atoms with Crippen molar-refractivity contribution in [3.63, 3.8) is 0 Å². The number of nitrogens with one attached hydrogen (secondary N) is 1. The van der Waals surface area contributed by atoms with Gasteiger partial charge in [-0.2, -0.15) is 0 Å². The monoisotopic (exact) mass is 281 g/mol. The lowest BCUT2D eigenvalue weighted by atomic mass is 10.0. The molecule has 0 fully saturated rings. The van der Waals surface area contributed by atoms with E-state index in [0.29, 0.717) is 13.2 Å². The molecule has 4 nitrogen and oxygen atoms in total. The summed E-state index contributed by atoms with van der Waals surface area (Å²) in [4.78, 5) is 0. The quantitative estimate of drug-likeness (QED) is 0.730. The number of aliphatic hydroxyl groups excluding tert-OH is 1. The summed E-state index contributed by atoms with van der Waals surface area (Å²) in [6, 6.07) is 6.12. The summed E-state index contributed by atoms with van der Waals surface area (Å²) in [5.74, 6) is 0.726. The Morgan fingerprint density at radius 2 is 2.05 bits per heavy atom. The first-order valence-electron chi connectivity index (χ1n) is 7.17. The van der Waals surface area contributed by atoms with Gasteiger partial charge < -0.3 is 19.9 Å². The van der Waals surface area contributed by atoms with E-state index in [1.165, 1.54) is 0 Å². The van der Waals surface area contributed by atoms with Crippen molar-refractivity contribution in [2.45, 2.75) is 38.8 Å². The Kier molecular flexibility index (Phi) is 7.59. The van der Waals surface area contributed by atoms with Gasteiger partial charge in [0.15, 0.2) is 0 Å². The minimum absolute atomic E-state index is 0.274. The predicted molar refractivity (Wildman–Crippen MR) is 81.3 cm³/mol. The highest BCUT2D eigenvalue weighted by molar-refractivity contribution is 5.38. The van der Waals surface area contributed by atoms with Crippen LogP contribution in [0.1, 0.15) is 37.0 Å². The van der Waals surface area contributed by atoms with Gasteiger partial charge >= 0.3 is 0 Å². The topological polar surface area (TPSA) is 50.7 Å². The first-order chi connectivity index (χ1) is 9.62. The molecule has 4 heteroatoms. The zero-order valence-electron chi connectivity index (χ0n) is 13.0. The minimum Gasteiger partial charge on any atom is -0.496 e. The largest absolute Gasteiger partial charge is 0.496 e. The molecule has 20 heavy (non-hydrogen) atoms. The van der Waals surface area contributed by atoms with E-state index in [1.807, 2.05) is 25.1 Å². The first kappa shape index (κ1) is 17.0. The summed E-state index contributed by atoms with van der Waals surface area (Å²) in [7, 11) is 3.32. The fourth-order valence-electron chi connectivity index (χ4n) is 2.30. The van der Waals surface area contributed by atoms with Crippen molar-refractivity contribution < 1.29 is 14.6 Å². The zero-order chi connectivity index (χ0) is 15.0. The Labute approximate surface area is 122 Å². The molecule has 0 aliphatic heterocycles. The van der Waals surface area contributed by atoms with Crippen LogP contribution in [0.4, 0.5) is 0 Å². The first-order valence-corrected chi connectivity index (χ1v) is 7.17. The third-order valence-electron chi connectivity index (χ3n) is 3.35. The number of methoxy groups -OCH3 is 2. The predicted octanol–water partition coefficient (Wildman–Crippen LogP) is 2.44. The van der Waals surface area contributed by atoms with Crippen molar-refractivity contribution in [1.82, 2.24) is 5.32 Å². The molecule has 0 saturated carbocycles. The Bertz CT molecular complexity index is 389. The summed E-state index contributed by atoms with van der Waals surface area (Å²) in [5.41, 5.74) is 1.94. The molecule has 2 N–H and O–H groups in total. The lowest BCUT2D eigenvalue weighted by molar-refractivity contribution is 0.134. The van der Waals surface area contributed by atoms with E-state index >= 15 is 0 Å². The zero-order valence-corrected chi connectivity index (χ0v) is 13.0. The van der Waals surface area contributed by atoms with E-state index in [9.17, 15) is 5.11 Å². The lowest BCUT2D eigenvalue weighted by Crippen LogP contribution is -2.36. The average Bonchev–Trinajstić information content (AvgIpc) is 2.45. The highest BCUT2D eigenvalue weighted by Crippen LogP contribution is 2.26. The van der Waals surface area contributed by atoms with Gasteiger partial charge in [-0.25, -0.2) is 0 Å². The highest BCUT2D eigenvalue weighted by Gasteiger charge is 2.15. The lowest BCUT2D eigenvalue weighted by Gasteiger charge is -2.21. The number of hydrogen-bond acceptors (Lipinski definition) is 4. The van der Waals surface area contributed by atoms with Gasteiger partial charge in [0.1, 0.15) is 5.75 Å². The van der Waals surface area contributed by atoms with Crippen LogP contribution in [0.5, 0.6) is 5.75 Å². The molecular weight excluding hydrogens is 254 g/mol. The third-order valence-corrected chi connectivity index (χ3v) is 3.35. The summed E-state index contributed by atoms with van der Waals surface area (Å²) >= 11 is 0. The van der Waals surface area contributed by atoms with E-state index in [1.54, 1.807) is 14.2 Å². The van der Waals surface area contributed by atoms with Gasteiger partial charge in [-0.3, -0.25) is 0 Å². The molecule has 2 atom stereocenters. The smallest absolute Gasteiger partial charge is 0.124 e. The van der Waals surface area contributed by atoms with Crippen LogP contribution in [0, 0.1) is 6.92 Å². The Morgan fingerprint density at radius 1 is 1.30 bits per heavy atom. The van der Waals surface area contributed by atoms with Crippen LogP contribution in [-0.2, 0) is 4.74 Å². The molecule has 1 aromatic carbocycles. The van der Waals surface area contributed by atoms with Crippen molar-refractivity contribution in [2.75, 3.05) is 27.4 Å². The van der Waals surface area contributed by atoms with Gasteiger partial charge in [0.05, 0.1) is 19.8 Å². The number of rotatable bonds is 9. The van der Waals surface area contributed by atoms with Crippen LogP contribution in [-0.4, -0.2) is 38.5 Å². The summed E-state index contributed by atoms with van der Waals surface area (Å²) in [5, 5.41) is 13.7. The maximum absolute atomic E-state index is 10.4. The SMILES string of the molecule is CCCC(COC)NCC(O)c1cc(C)ccc1OC. The molecule has 0 aliphatic carbocycles. The molecule has 1 aromatic rings. The molecule has 114 valence electrons. The Balaban J connectivity index is 2.65. The van der Waals surface area contributed by atoms with Crippen molar-refractivity contribution in [3.05, 3.63) is 29.3 Å². The highest BCUT2D eigenvalue weighted by atomic mass is 16.5. The van der Waals surface area contributed by atoms with Crippen LogP contribution in [0.2, 0.25) is 0 Å². The van der Waals surface area contributed by atoms with Gasteiger partial charge in [0.25, 0.3) is 0 Å². The average molecular weight is 281 g/mol. The van der Waals surface area contributed by atoms with Gasteiger partial charge in [-0.1, -0.05) is 25.0 Å². The molecule has 0 heterocycles. The maximum atomic E-state index is 10.4. The molecular formula is C16H27NO3. The Morgan fingerprint density at radius 3 is 2.65 bits per heavy atom. The summed E-state index contributed by atoms with van der Waals surface area (Å²) in [6.45, 7) is 5.30. The third kappa shape index (κ3) is 5.12. The molecule has 1 rings (SSSR count). The van der Waals surface area contributed by atoms with Gasteiger partial charge in [-0.05, 0) is 25.5 Å². The molecule has 0 amide bonds. The molecule has 0 saturated heterocycles. The maximum Gasteiger partial charge on any atom is 0.124 e. The van der Waals surface area contributed by atoms with E-state index < -0.39 is 6.10 Å². The number of hydrogen-bond donors (Lipinski definition) is 2. The summed E-state index contributed by atoms with van der Waals surface area (Å²) in [6.07, 6.45) is 1.54. The normalized spacial score (nSPS) is 14.1. The van der Waals surface area contributed by atoms with Crippen molar-refractivity contribution >= 4 is 0 Å². The molecule has 0 spiro atoms. The number of aryl methyl sites for hydroxylation is 1. The van der Waals surface area contributed by atoms with Crippen LogP contribution in [0.25, 0.3) is 0 Å². The van der Waals surface area contributed by atoms with Crippen LogP contribution < -0.4 is 10.1 Å². The number of benzene rings is 1. The number of ether oxygens (including phenoxy) is 2. The second-order valence-electron chi connectivity index (χ2n) is 5.11. The van der Waals surface area contributed by atoms with Crippen LogP contribution in [0.15, 0.2) is 18.2 Å². The van der Waals surface area contributed by atoms with Crippen LogP contribution in [0.3, 0.4) is 0 Å². The molecule has 0 bridgehead atoms. The van der Waals surface area contributed by atoms with E-state index in [0.717, 1.165) is 29.7 Å². The molecule has 2 unspecified atom stereocenters. The molecule has 0 radical (unpaired) electrons. The summed E-state index contributed by atoms with van der Waals surface area (Å²) < 4.78 is 10.5. The van der Waals surface area contributed by atoms with E-state index in [2.05, 4.69) is 12.2 Å². The minimum atomic E-state index is -0.582. The van der Waals surface area contributed by atoms with Crippen LogP contribution >= 0.6 is 0 Å². The van der Waals surface area contributed by atoms with Gasteiger partial charge in [0.2, 0.25) is 0 Å². The van der Waals surface area contributed by atoms with E-state index in [4.69, 9.17) is 9.47 Å².